The highest BCUT2D eigenvalue weighted by atomic mass is 16.6. The van der Waals surface area contributed by atoms with Crippen LogP contribution >= 0.6 is 0 Å². The molecular formula is C20H24N4O6. The molecule has 10 nitrogen and oxygen atoms in total. The number of benzene rings is 1. The molecule has 1 fully saturated rings. The minimum atomic E-state index is -0.532. The van der Waals surface area contributed by atoms with Crippen molar-refractivity contribution >= 4 is 12.1 Å². The van der Waals surface area contributed by atoms with E-state index in [1.54, 1.807) is 0 Å². The van der Waals surface area contributed by atoms with Crippen LogP contribution in [0.2, 0.25) is 0 Å². The third kappa shape index (κ3) is 5.13. The first-order chi connectivity index (χ1) is 14.5. The number of rotatable bonds is 7. The van der Waals surface area contributed by atoms with Crippen molar-refractivity contribution in [3.8, 4) is 18.0 Å². The van der Waals surface area contributed by atoms with Gasteiger partial charge in [-0.05, 0) is 11.5 Å². The van der Waals surface area contributed by atoms with Gasteiger partial charge in [0.05, 0.1) is 20.1 Å². The predicted octanol–water partition coefficient (Wildman–Crippen LogP) is 2.09. The first kappa shape index (κ1) is 21.3. The molecule has 2 unspecified atom stereocenters. The van der Waals surface area contributed by atoms with Crippen molar-refractivity contribution in [3.05, 3.63) is 35.9 Å². The van der Waals surface area contributed by atoms with E-state index in [1.165, 1.54) is 19.1 Å². The summed E-state index contributed by atoms with van der Waals surface area (Å²) >= 11 is 0. The third-order valence-electron chi connectivity index (χ3n) is 4.86. The molecule has 1 aromatic heterocycles. The van der Waals surface area contributed by atoms with Crippen molar-refractivity contribution in [1.82, 2.24) is 19.9 Å². The number of nitrogens with zero attached hydrogens (tertiary/aromatic N) is 4. The zero-order valence-electron chi connectivity index (χ0n) is 17.1. The van der Waals surface area contributed by atoms with Gasteiger partial charge in [-0.2, -0.15) is 0 Å². The normalized spacial score (nSPS) is 18.0. The topological polar surface area (TPSA) is 113 Å². The summed E-state index contributed by atoms with van der Waals surface area (Å²) in [6.07, 6.45) is 0.239. The van der Waals surface area contributed by atoms with Gasteiger partial charge in [-0.1, -0.05) is 43.7 Å². The van der Waals surface area contributed by atoms with Crippen molar-refractivity contribution in [3.63, 3.8) is 0 Å². The van der Waals surface area contributed by atoms with Gasteiger partial charge >= 0.3 is 30.1 Å². The zero-order valence-corrected chi connectivity index (χ0v) is 17.1. The van der Waals surface area contributed by atoms with E-state index in [1.807, 2.05) is 37.3 Å². The minimum Gasteiger partial charge on any atom is -0.467 e. The molecule has 0 N–H and O–H groups in total. The van der Waals surface area contributed by atoms with Crippen LogP contribution in [0.1, 0.15) is 18.9 Å². The van der Waals surface area contributed by atoms with Gasteiger partial charge in [-0.15, -0.1) is 15.0 Å². The van der Waals surface area contributed by atoms with Crippen molar-refractivity contribution < 1.29 is 28.5 Å². The Morgan fingerprint density at radius 1 is 1.00 bits per heavy atom. The molecular weight excluding hydrogens is 392 g/mol. The van der Waals surface area contributed by atoms with Crippen molar-refractivity contribution in [2.24, 2.45) is 11.8 Å². The molecule has 0 radical (unpaired) electrons. The Bertz CT molecular complexity index is 857. The third-order valence-corrected chi connectivity index (χ3v) is 4.86. The van der Waals surface area contributed by atoms with Crippen LogP contribution in [-0.4, -0.2) is 59.2 Å². The number of carbonyl (C=O) groups is 2. The van der Waals surface area contributed by atoms with Gasteiger partial charge in [0.15, 0.2) is 0 Å². The van der Waals surface area contributed by atoms with E-state index >= 15 is 0 Å². The van der Waals surface area contributed by atoms with Crippen LogP contribution in [0, 0.1) is 11.8 Å². The first-order valence-electron chi connectivity index (χ1n) is 9.55. The van der Waals surface area contributed by atoms with Gasteiger partial charge in [-0.25, -0.2) is 4.79 Å². The number of methoxy groups -OCH3 is 2. The molecule has 1 aromatic carbocycles. The summed E-state index contributed by atoms with van der Waals surface area (Å²) in [5.41, 5.74) is 0.894. The Morgan fingerprint density at radius 2 is 1.63 bits per heavy atom. The van der Waals surface area contributed by atoms with E-state index in [0.29, 0.717) is 13.0 Å². The van der Waals surface area contributed by atoms with Crippen LogP contribution < -0.4 is 14.2 Å². The fourth-order valence-corrected chi connectivity index (χ4v) is 3.23. The van der Waals surface area contributed by atoms with Crippen LogP contribution in [0.3, 0.4) is 0 Å². The molecule has 1 amide bonds. The molecule has 1 aliphatic rings. The molecule has 2 atom stereocenters. The standard InChI is InChI=1S/C20H24N4O6/c1-4-14-10-24(20(26)29-12-13-8-6-5-7-9-13)11-15(14)16(25)30-19-22-17(27-2)21-18(23-19)28-3/h5-9,14-15H,4,10-12H2,1-3H3. The monoisotopic (exact) mass is 416 g/mol. The summed E-state index contributed by atoms with van der Waals surface area (Å²) in [5, 5.41) is 0. The molecule has 1 aliphatic heterocycles. The Balaban J connectivity index is 1.62. The van der Waals surface area contributed by atoms with E-state index in [0.717, 1.165) is 5.56 Å². The Hall–Kier alpha value is -3.43. The van der Waals surface area contributed by atoms with Gasteiger partial charge < -0.3 is 23.8 Å². The number of esters is 1. The summed E-state index contributed by atoms with van der Waals surface area (Å²) in [6.45, 7) is 2.74. The molecule has 0 bridgehead atoms. The fourth-order valence-electron chi connectivity index (χ4n) is 3.23. The lowest BCUT2D eigenvalue weighted by molar-refractivity contribution is -0.140. The zero-order chi connectivity index (χ0) is 21.5. The first-order valence-corrected chi connectivity index (χ1v) is 9.55. The maximum atomic E-state index is 12.7. The van der Waals surface area contributed by atoms with Crippen molar-refractivity contribution in [1.29, 1.82) is 0 Å². The summed E-state index contributed by atoms with van der Waals surface area (Å²) in [4.78, 5) is 38.4. The van der Waals surface area contributed by atoms with Crippen LogP contribution in [0.4, 0.5) is 4.79 Å². The molecule has 0 spiro atoms. The SMILES string of the molecule is CCC1CN(C(=O)OCc2ccccc2)CC1C(=O)Oc1nc(OC)nc(OC)n1. The molecule has 0 aliphatic carbocycles. The molecule has 2 heterocycles. The number of carbonyl (C=O) groups excluding carboxylic acids is 2. The molecule has 3 rings (SSSR count). The number of amides is 1. The molecule has 1 saturated heterocycles. The van der Waals surface area contributed by atoms with Crippen LogP contribution in [0.25, 0.3) is 0 Å². The second-order valence-electron chi connectivity index (χ2n) is 6.73. The van der Waals surface area contributed by atoms with E-state index in [2.05, 4.69) is 15.0 Å². The number of aromatic nitrogens is 3. The number of likely N-dealkylation sites (tertiary alicyclic amines) is 1. The Labute approximate surface area is 174 Å². The largest absolute Gasteiger partial charge is 0.467 e. The average Bonchev–Trinajstić information content (AvgIpc) is 3.22. The second-order valence-corrected chi connectivity index (χ2v) is 6.73. The van der Waals surface area contributed by atoms with Gasteiger partial charge in [0.25, 0.3) is 0 Å². The minimum absolute atomic E-state index is 0.0331. The van der Waals surface area contributed by atoms with E-state index < -0.39 is 18.0 Å². The average molecular weight is 416 g/mol. The quantitative estimate of drug-likeness (QED) is 0.626. The highest BCUT2D eigenvalue weighted by Crippen LogP contribution is 2.28. The summed E-state index contributed by atoms with van der Waals surface area (Å²) < 4.78 is 20.6. The van der Waals surface area contributed by atoms with Gasteiger partial charge in [0.2, 0.25) is 0 Å². The van der Waals surface area contributed by atoms with Gasteiger partial charge in [-0.3, -0.25) is 4.79 Å². The molecule has 10 heteroatoms. The lowest BCUT2D eigenvalue weighted by Crippen LogP contribution is -2.31. The molecule has 160 valence electrons. The molecule has 0 saturated carbocycles. The number of hydrogen-bond acceptors (Lipinski definition) is 9. The Morgan fingerprint density at radius 3 is 2.23 bits per heavy atom. The maximum absolute atomic E-state index is 12.7. The smallest absolute Gasteiger partial charge is 0.410 e. The van der Waals surface area contributed by atoms with Crippen LogP contribution in [0.5, 0.6) is 18.0 Å². The van der Waals surface area contributed by atoms with E-state index in [4.69, 9.17) is 18.9 Å². The van der Waals surface area contributed by atoms with Gasteiger partial charge in [0, 0.05) is 13.1 Å². The van der Waals surface area contributed by atoms with Gasteiger partial charge in [0.1, 0.15) is 6.61 Å². The number of hydrogen-bond donors (Lipinski definition) is 0. The molecule has 2 aromatic rings. The van der Waals surface area contributed by atoms with Crippen LogP contribution in [-0.2, 0) is 16.1 Å². The Kier molecular flexibility index (Phi) is 6.99. The predicted molar refractivity (Wildman–Crippen MR) is 104 cm³/mol. The summed E-state index contributed by atoms with van der Waals surface area (Å²) in [6, 6.07) is 9.12. The van der Waals surface area contributed by atoms with Crippen LogP contribution in [0.15, 0.2) is 30.3 Å². The second kappa shape index (κ2) is 9.86. The number of ether oxygens (including phenoxy) is 4. The van der Waals surface area contributed by atoms with Crippen molar-refractivity contribution in [2.75, 3.05) is 27.3 Å². The van der Waals surface area contributed by atoms with Crippen molar-refractivity contribution in [2.45, 2.75) is 20.0 Å². The maximum Gasteiger partial charge on any atom is 0.410 e. The lowest BCUT2D eigenvalue weighted by Gasteiger charge is -2.16. The highest BCUT2D eigenvalue weighted by molar-refractivity contribution is 5.77. The summed E-state index contributed by atoms with van der Waals surface area (Å²) in [7, 11) is 2.76. The highest BCUT2D eigenvalue weighted by Gasteiger charge is 2.40. The fraction of sp³-hybridized carbons (Fsp3) is 0.450. The summed E-state index contributed by atoms with van der Waals surface area (Å²) in [5.74, 6) is -1.11. The van der Waals surface area contributed by atoms with E-state index in [-0.39, 0.29) is 37.1 Å². The van der Waals surface area contributed by atoms with E-state index in [9.17, 15) is 9.59 Å². The molecule has 30 heavy (non-hydrogen) atoms. The lowest BCUT2D eigenvalue weighted by atomic mass is 9.94.